The van der Waals surface area contributed by atoms with E-state index in [1.54, 1.807) is 6.26 Å². The topological polar surface area (TPSA) is 67.5 Å². The van der Waals surface area contributed by atoms with E-state index in [2.05, 4.69) is 10.3 Å². The third kappa shape index (κ3) is 7.53. The van der Waals surface area contributed by atoms with Crippen molar-refractivity contribution in [2.75, 3.05) is 25.1 Å². The van der Waals surface area contributed by atoms with Crippen LogP contribution in [0.3, 0.4) is 0 Å². The lowest BCUT2D eigenvalue weighted by molar-refractivity contribution is 0.684. The van der Waals surface area contributed by atoms with Gasteiger partial charge in [0.1, 0.15) is 0 Å². The lowest BCUT2D eigenvalue weighted by Crippen LogP contribution is -2.31. The first kappa shape index (κ1) is 11.4. The van der Waals surface area contributed by atoms with Crippen LogP contribution in [0, 0.1) is 0 Å². The van der Waals surface area contributed by atoms with Crippen LogP contribution in [0.15, 0.2) is 4.99 Å². The van der Waals surface area contributed by atoms with E-state index < -0.39 is 10.8 Å². The first-order chi connectivity index (χ1) is 5.66. The van der Waals surface area contributed by atoms with Crippen LogP contribution >= 0.6 is 0 Å². The van der Waals surface area contributed by atoms with Crippen molar-refractivity contribution in [2.45, 2.75) is 13.3 Å². The van der Waals surface area contributed by atoms with Gasteiger partial charge < -0.3 is 11.1 Å². The number of nitrogens with zero attached hydrogens (tertiary/aromatic N) is 1. The number of hydrogen-bond acceptors (Lipinski definition) is 2. The van der Waals surface area contributed by atoms with Gasteiger partial charge in [0.25, 0.3) is 0 Å². The Hall–Kier alpha value is -0.580. The third-order valence-electron chi connectivity index (χ3n) is 1.23. The molecule has 0 aromatic heterocycles. The molecule has 0 aliphatic carbocycles. The van der Waals surface area contributed by atoms with Crippen molar-refractivity contribution in [1.29, 1.82) is 0 Å². The van der Waals surface area contributed by atoms with E-state index in [1.165, 1.54) is 0 Å². The molecule has 0 spiro atoms. The van der Waals surface area contributed by atoms with Crippen molar-refractivity contribution in [2.24, 2.45) is 10.7 Å². The molecule has 1 atom stereocenters. The monoisotopic (exact) mass is 191 g/mol. The van der Waals surface area contributed by atoms with Gasteiger partial charge in [-0.25, -0.2) is 0 Å². The molecule has 5 heteroatoms. The molecule has 0 fully saturated rings. The molecule has 0 radical (unpaired) electrons. The zero-order valence-electron chi connectivity index (χ0n) is 7.67. The molecule has 0 saturated carbocycles. The number of hydrogen-bond donors (Lipinski definition) is 2. The zero-order valence-corrected chi connectivity index (χ0v) is 8.49. The molecular weight excluding hydrogens is 174 g/mol. The summed E-state index contributed by atoms with van der Waals surface area (Å²) in [6.45, 7) is 3.40. The zero-order chi connectivity index (χ0) is 9.40. The molecule has 3 N–H and O–H groups in total. The molecule has 4 nitrogen and oxygen atoms in total. The summed E-state index contributed by atoms with van der Waals surface area (Å²) in [4.78, 5) is 4.03. The minimum absolute atomic E-state index is 0.472. The van der Waals surface area contributed by atoms with Crippen molar-refractivity contribution < 1.29 is 4.21 Å². The van der Waals surface area contributed by atoms with Gasteiger partial charge in [-0.1, -0.05) is 0 Å². The summed E-state index contributed by atoms with van der Waals surface area (Å²) < 4.78 is 10.6. The number of guanidine groups is 1. The van der Waals surface area contributed by atoms with Crippen LogP contribution < -0.4 is 11.1 Å². The van der Waals surface area contributed by atoms with Crippen LogP contribution in [0.25, 0.3) is 0 Å². The smallest absolute Gasteiger partial charge is 0.188 e. The second-order valence-electron chi connectivity index (χ2n) is 2.43. The molecule has 0 aromatic carbocycles. The highest BCUT2D eigenvalue weighted by atomic mass is 32.2. The average molecular weight is 191 g/mol. The largest absolute Gasteiger partial charge is 0.370 e. The molecule has 1 unspecified atom stereocenters. The third-order valence-corrected chi connectivity index (χ3v) is 2.09. The Balaban J connectivity index is 3.39. The molecule has 0 aliphatic rings. The van der Waals surface area contributed by atoms with Crippen molar-refractivity contribution in [3.63, 3.8) is 0 Å². The Labute approximate surface area is 76.1 Å². The van der Waals surface area contributed by atoms with Crippen LogP contribution in [0.5, 0.6) is 0 Å². The maximum Gasteiger partial charge on any atom is 0.188 e. The highest BCUT2D eigenvalue weighted by Gasteiger charge is 1.91. The Morgan fingerprint density at radius 3 is 2.83 bits per heavy atom. The fraction of sp³-hybridized carbons (Fsp3) is 0.857. The predicted octanol–water partition coefficient (Wildman–Crippen LogP) is -0.321. The van der Waals surface area contributed by atoms with Crippen LogP contribution in [0.4, 0.5) is 0 Å². The Kier molecular flexibility index (Phi) is 6.75. The van der Waals surface area contributed by atoms with Crippen LogP contribution in [0.2, 0.25) is 0 Å². The second kappa shape index (κ2) is 7.09. The highest BCUT2D eigenvalue weighted by Crippen LogP contribution is 1.84. The van der Waals surface area contributed by atoms with Gasteiger partial charge in [0.2, 0.25) is 0 Å². The quantitative estimate of drug-likeness (QED) is 0.355. The summed E-state index contributed by atoms with van der Waals surface area (Å²) in [7, 11) is -0.715. The Morgan fingerprint density at radius 1 is 1.67 bits per heavy atom. The summed E-state index contributed by atoms with van der Waals surface area (Å²) in [5.74, 6) is 1.17. The minimum atomic E-state index is -0.715. The summed E-state index contributed by atoms with van der Waals surface area (Å²) in [6.07, 6.45) is 2.52. The van der Waals surface area contributed by atoms with E-state index in [-0.39, 0.29) is 0 Å². The standard InChI is InChI=1S/C7H17N3OS/c1-3-9-7(8)10-5-4-6-12(2)11/h3-6H2,1-2H3,(H3,8,9,10). The van der Waals surface area contributed by atoms with E-state index in [1.807, 2.05) is 6.92 Å². The van der Waals surface area contributed by atoms with Gasteiger partial charge in [-0.15, -0.1) is 0 Å². The van der Waals surface area contributed by atoms with Crippen molar-refractivity contribution in [3.8, 4) is 0 Å². The first-order valence-electron chi connectivity index (χ1n) is 4.00. The molecule has 0 aliphatic heterocycles. The van der Waals surface area contributed by atoms with E-state index >= 15 is 0 Å². The number of aliphatic imine (C=N–C) groups is 1. The van der Waals surface area contributed by atoms with Gasteiger partial charge in [0, 0.05) is 35.9 Å². The van der Waals surface area contributed by atoms with Gasteiger partial charge in [-0.3, -0.25) is 9.20 Å². The van der Waals surface area contributed by atoms with Crippen LogP contribution in [0.1, 0.15) is 13.3 Å². The minimum Gasteiger partial charge on any atom is -0.370 e. The van der Waals surface area contributed by atoms with E-state index in [9.17, 15) is 4.21 Å². The number of nitrogens with two attached hydrogens (primary N) is 1. The molecular formula is C7H17N3OS. The van der Waals surface area contributed by atoms with E-state index in [4.69, 9.17) is 5.73 Å². The van der Waals surface area contributed by atoms with Gasteiger partial charge in [-0.2, -0.15) is 0 Å². The van der Waals surface area contributed by atoms with Gasteiger partial charge in [0.15, 0.2) is 5.96 Å². The Morgan fingerprint density at radius 2 is 2.33 bits per heavy atom. The maximum atomic E-state index is 10.6. The molecule has 72 valence electrons. The Bertz CT molecular complexity index is 170. The first-order valence-corrected chi connectivity index (χ1v) is 5.73. The molecule has 0 rings (SSSR count). The lowest BCUT2D eigenvalue weighted by Gasteiger charge is -2.00. The van der Waals surface area contributed by atoms with Crippen LogP contribution in [-0.4, -0.2) is 35.3 Å². The molecule has 0 amide bonds. The number of nitrogens with one attached hydrogen (secondary N) is 1. The molecule has 12 heavy (non-hydrogen) atoms. The van der Waals surface area contributed by atoms with E-state index in [0.29, 0.717) is 18.3 Å². The predicted molar refractivity (Wildman–Crippen MR) is 53.7 cm³/mol. The second-order valence-corrected chi connectivity index (χ2v) is 3.98. The normalized spacial score (nSPS) is 14.3. The summed E-state index contributed by atoms with van der Waals surface area (Å²) >= 11 is 0. The van der Waals surface area contributed by atoms with Gasteiger partial charge >= 0.3 is 0 Å². The summed E-state index contributed by atoms with van der Waals surface area (Å²) in [5.41, 5.74) is 5.46. The van der Waals surface area contributed by atoms with Crippen molar-refractivity contribution in [3.05, 3.63) is 0 Å². The molecule has 0 bridgehead atoms. The van der Waals surface area contributed by atoms with Gasteiger partial charge in [0.05, 0.1) is 0 Å². The highest BCUT2D eigenvalue weighted by molar-refractivity contribution is 7.84. The molecule has 0 heterocycles. The fourth-order valence-corrected chi connectivity index (χ4v) is 1.24. The maximum absolute atomic E-state index is 10.6. The van der Waals surface area contributed by atoms with Crippen molar-refractivity contribution in [1.82, 2.24) is 5.32 Å². The molecule has 0 saturated heterocycles. The van der Waals surface area contributed by atoms with Crippen molar-refractivity contribution >= 4 is 16.8 Å². The lowest BCUT2D eigenvalue weighted by atomic mass is 10.5. The van der Waals surface area contributed by atoms with Gasteiger partial charge in [-0.05, 0) is 13.3 Å². The molecule has 0 aromatic rings. The summed E-state index contributed by atoms with van der Waals surface area (Å²) in [6, 6.07) is 0. The summed E-state index contributed by atoms with van der Waals surface area (Å²) in [5, 5.41) is 2.89. The number of rotatable bonds is 5. The average Bonchev–Trinajstić information content (AvgIpc) is 1.98. The SMILES string of the molecule is CCNC(N)=NCCCS(C)=O. The fourth-order valence-electron chi connectivity index (χ4n) is 0.704. The van der Waals surface area contributed by atoms with E-state index in [0.717, 1.165) is 13.0 Å². The van der Waals surface area contributed by atoms with Crippen LogP contribution in [-0.2, 0) is 10.8 Å².